The third-order valence-electron chi connectivity index (χ3n) is 2.84. The standard InChI is InChI=1S/C14H16FN3S/c1-9-5-6-18-14(17)13(9)12(16)8-19-11-4-2-3-10(15)7-11/h2-7,12H,8,16H2,1H3,(H2,17,18). The molecule has 0 saturated carbocycles. The number of nitrogens with two attached hydrogens (primary N) is 2. The van der Waals surface area contributed by atoms with Crippen molar-refractivity contribution in [1.29, 1.82) is 0 Å². The van der Waals surface area contributed by atoms with Gasteiger partial charge in [-0.15, -0.1) is 11.8 Å². The van der Waals surface area contributed by atoms with E-state index in [4.69, 9.17) is 11.5 Å². The number of aryl methyl sites for hydroxylation is 1. The summed E-state index contributed by atoms with van der Waals surface area (Å²) in [5, 5.41) is 0. The van der Waals surface area contributed by atoms with Crippen LogP contribution in [0, 0.1) is 12.7 Å². The number of anilines is 1. The number of thioether (sulfide) groups is 1. The van der Waals surface area contributed by atoms with Crippen LogP contribution in [0.5, 0.6) is 0 Å². The van der Waals surface area contributed by atoms with E-state index in [0.29, 0.717) is 11.6 Å². The molecule has 19 heavy (non-hydrogen) atoms. The van der Waals surface area contributed by atoms with Crippen LogP contribution < -0.4 is 11.5 Å². The van der Waals surface area contributed by atoms with Crippen molar-refractivity contribution < 1.29 is 4.39 Å². The highest BCUT2D eigenvalue weighted by Crippen LogP contribution is 2.27. The number of nitrogens with zero attached hydrogens (tertiary/aromatic N) is 1. The molecule has 0 bridgehead atoms. The molecule has 1 aromatic heterocycles. The van der Waals surface area contributed by atoms with Crippen LogP contribution in [0.25, 0.3) is 0 Å². The maximum atomic E-state index is 13.1. The van der Waals surface area contributed by atoms with Gasteiger partial charge in [0.05, 0.1) is 0 Å². The molecule has 2 aromatic rings. The van der Waals surface area contributed by atoms with Crippen molar-refractivity contribution in [2.24, 2.45) is 5.73 Å². The number of hydrogen-bond acceptors (Lipinski definition) is 4. The Hall–Kier alpha value is -1.59. The smallest absolute Gasteiger partial charge is 0.128 e. The van der Waals surface area contributed by atoms with Crippen molar-refractivity contribution in [3.63, 3.8) is 0 Å². The lowest BCUT2D eigenvalue weighted by Gasteiger charge is -2.16. The largest absolute Gasteiger partial charge is 0.383 e. The second-order valence-corrected chi connectivity index (χ2v) is 5.40. The molecule has 0 amide bonds. The minimum absolute atomic E-state index is 0.220. The molecule has 0 aliphatic carbocycles. The van der Waals surface area contributed by atoms with Gasteiger partial charge in [0.2, 0.25) is 0 Å². The van der Waals surface area contributed by atoms with E-state index in [2.05, 4.69) is 4.98 Å². The first-order chi connectivity index (χ1) is 9.08. The summed E-state index contributed by atoms with van der Waals surface area (Å²) in [5.41, 5.74) is 13.9. The first-order valence-corrected chi connectivity index (χ1v) is 6.91. The van der Waals surface area contributed by atoms with E-state index in [1.807, 2.05) is 19.1 Å². The second kappa shape index (κ2) is 6.04. The van der Waals surface area contributed by atoms with Gasteiger partial charge >= 0.3 is 0 Å². The summed E-state index contributed by atoms with van der Waals surface area (Å²) in [4.78, 5) is 4.92. The molecular formula is C14H16FN3S. The Bertz CT molecular complexity index is 554. The van der Waals surface area contributed by atoms with Crippen LogP contribution in [0.2, 0.25) is 0 Å². The SMILES string of the molecule is Cc1ccnc(N)c1C(N)CSc1cccc(F)c1. The van der Waals surface area contributed by atoms with Crippen molar-refractivity contribution in [2.75, 3.05) is 11.5 Å². The lowest BCUT2D eigenvalue weighted by molar-refractivity contribution is 0.624. The fraction of sp³-hybridized carbons (Fsp3) is 0.214. The first kappa shape index (κ1) is 13.8. The first-order valence-electron chi connectivity index (χ1n) is 5.93. The van der Waals surface area contributed by atoms with Crippen LogP contribution in [-0.2, 0) is 0 Å². The molecule has 0 saturated heterocycles. The second-order valence-electron chi connectivity index (χ2n) is 4.30. The van der Waals surface area contributed by atoms with Gasteiger partial charge in [-0.25, -0.2) is 9.37 Å². The summed E-state index contributed by atoms with van der Waals surface area (Å²) in [6.07, 6.45) is 1.67. The summed E-state index contributed by atoms with van der Waals surface area (Å²) in [7, 11) is 0. The van der Waals surface area contributed by atoms with E-state index in [0.717, 1.165) is 16.0 Å². The molecule has 0 fully saturated rings. The van der Waals surface area contributed by atoms with Crippen molar-refractivity contribution in [3.8, 4) is 0 Å². The molecule has 1 unspecified atom stereocenters. The quantitative estimate of drug-likeness (QED) is 0.843. The van der Waals surface area contributed by atoms with Crippen LogP contribution >= 0.6 is 11.8 Å². The van der Waals surface area contributed by atoms with Crippen molar-refractivity contribution in [3.05, 3.63) is 53.5 Å². The Kier molecular flexibility index (Phi) is 4.39. The van der Waals surface area contributed by atoms with Gasteiger partial charge in [0, 0.05) is 28.5 Å². The molecule has 0 aliphatic rings. The highest BCUT2D eigenvalue weighted by molar-refractivity contribution is 7.99. The van der Waals surface area contributed by atoms with Gasteiger partial charge in [0.1, 0.15) is 11.6 Å². The molecule has 1 heterocycles. The van der Waals surface area contributed by atoms with Crippen LogP contribution in [0.1, 0.15) is 17.2 Å². The monoisotopic (exact) mass is 277 g/mol. The average Bonchev–Trinajstić information content (AvgIpc) is 2.36. The minimum atomic E-state index is -0.240. The third kappa shape index (κ3) is 3.45. The van der Waals surface area contributed by atoms with Gasteiger partial charge in [-0.05, 0) is 36.8 Å². The molecule has 4 N–H and O–H groups in total. The van der Waals surface area contributed by atoms with Crippen molar-refractivity contribution >= 4 is 17.6 Å². The van der Waals surface area contributed by atoms with Gasteiger partial charge in [0.25, 0.3) is 0 Å². The maximum Gasteiger partial charge on any atom is 0.128 e. The Balaban J connectivity index is 2.07. The zero-order chi connectivity index (χ0) is 13.8. The number of rotatable bonds is 4. The van der Waals surface area contributed by atoms with Crippen LogP contribution in [0.4, 0.5) is 10.2 Å². The Morgan fingerprint density at radius 3 is 2.84 bits per heavy atom. The normalized spacial score (nSPS) is 12.4. The predicted octanol–water partition coefficient (Wildman–Crippen LogP) is 2.90. The average molecular weight is 277 g/mol. The summed E-state index contributed by atoms with van der Waals surface area (Å²) in [5.74, 6) is 0.850. The van der Waals surface area contributed by atoms with E-state index in [1.54, 1.807) is 12.3 Å². The highest BCUT2D eigenvalue weighted by atomic mass is 32.2. The molecule has 100 valence electrons. The molecule has 0 spiro atoms. The summed E-state index contributed by atoms with van der Waals surface area (Å²) in [6, 6.07) is 8.14. The molecule has 1 atom stereocenters. The fourth-order valence-corrected chi connectivity index (χ4v) is 2.81. The van der Waals surface area contributed by atoms with E-state index in [1.165, 1.54) is 23.9 Å². The van der Waals surface area contributed by atoms with Gasteiger partial charge < -0.3 is 11.5 Å². The fourth-order valence-electron chi connectivity index (χ4n) is 1.90. The third-order valence-corrected chi connectivity index (χ3v) is 3.95. The zero-order valence-electron chi connectivity index (χ0n) is 10.6. The number of benzene rings is 1. The van der Waals surface area contributed by atoms with Gasteiger partial charge in [-0.2, -0.15) is 0 Å². The van der Waals surface area contributed by atoms with Gasteiger partial charge in [-0.1, -0.05) is 6.07 Å². The molecule has 2 rings (SSSR count). The Morgan fingerprint density at radius 1 is 1.37 bits per heavy atom. The zero-order valence-corrected chi connectivity index (χ0v) is 11.5. The number of nitrogen functional groups attached to an aromatic ring is 1. The molecule has 5 heteroatoms. The highest BCUT2D eigenvalue weighted by Gasteiger charge is 2.13. The number of pyridine rings is 1. The lowest BCUT2D eigenvalue weighted by Crippen LogP contribution is -2.17. The minimum Gasteiger partial charge on any atom is -0.383 e. The number of aromatic nitrogens is 1. The summed E-state index contributed by atoms with van der Waals surface area (Å²) in [6.45, 7) is 1.96. The molecular weight excluding hydrogens is 261 g/mol. The maximum absolute atomic E-state index is 13.1. The Morgan fingerprint density at radius 2 is 2.16 bits per heavy atom. The van der Waals surface area contributed by atoms with E-state index in [9.17, 15) is 4.39 Å². The van der Waals surface area contributed by atoms with E-state index in [-0.39, 0.29) is 11.9 Å². The van der Waals surface area contributed by atoms with Crippen molar-refractivity contribution in [2.45, 2.75) is 17.9 Å². The summed E-state index contributed by atoms with van der Waals surface area (Å²) >= 11 is 1.51. The molecule has 0 aliphatic heterocycles. The summed E-state index contributed by atoms with van der Waals surface area (Å²) < 4.78 is 13.1. The molecule has 1 aromatic carbocycles. The Labute approximate surface area is 116 Å². The van der Waals surface area contributed by atoms with E-state index >= 15 is 0 Å². The molecule has 3 nitrogen and oxygen atoms in total. The molecule has 0 radical (unpaired) electrons. The van der Waals surface area contributed by atoms with Gasteiger partial charge in [-0.3, -0.25) is 0 Å². The number of hydrogen-bond donors (Lipinski definition) is 2. The number of halogens is 1. The van der Waals surface area contributed by atoms with Crippen LogP contribution in [0.3, 0.4) is 0 Å². The van der Waals surface area contributed by atoms with Crippen LogP contribution in [0.15, 0.2) is 41.4 Å². The van der Waals surface area contributed by atoms with Crippen LogP contribution in [-0.4, -0.2) is 10.7 Å². The van der Waals surface area contributed by atoms with E-state index < -0.39 is 0 Å². The predicted molar refractivity (Wildman–Crippen MR) is 77.4 cm³/mol. The lowest BCUT2D eigenvalue weighted by atomic mass is 10.1. The van der Waals surface area contributed by atoms with Gasteiger partial charge in [0.15, 0.2) is 0 Å². The topological polar surface area (TPSA) is 64.9 Å². The van der Waals surface area contributed by atoms with Crippen molar-refractivity contribution in [1.82, 2.24) is 4.98 Å².